The lowest BCUT2D eigenvalue weighted by Crippen LogP contribution is -2.45. The zero-order chi connectivity index (χ0) is 25.1. The van der Waals surface area contributed by atoms with E-state index < -0.39 is 0 Å². The number of fused-ring (bicyclic) bond motifs is 1. The molecule has 34 heavy (non-hydrogen) atoms. The van der Waals surface area contributed by atoms with E-state index in [0.29, 0.717) is 38.5 Å². The van der Waals surface area contributed by atoms with Crippen LogP contribution in [-0.2, 0) is 16.0 Å². The predicted octanol–water partition coefficient (Wildman–Crippen LogP) is 2.86. The van der Waals surface area contributed by atoms with Crippen molar-refractivity contribution >= 4 is 11.8 Å². The third-order valence-corrected chi connectivity index (χ3v) is 5.48. The third kappa shape index (κ3) is 9.71. The highest BCUT2D eigenvalue weighted by Gasteiger charge is 2.34. The molecular formula is C26H41FN4O3. The summed E-state index contributed by atoms with van der Waals surface area (Å²) < 4.78 is 20.1. The Labute approximate surface area is 203 Å². The van der Waals surface area contributed by atoms with E-state index in [9.17, 15) is 14.0 Å². The van der Waals surface area contributed by atoms with E-state index in [1.165, 1.54) is 6.07 Å². The van der Waals surface area contributed by atoms with Gasteiger partial charge in [0.05, 0.1) is 13.1 Å². The van der Waals surface area contributed by atoms with Crippen LogP contribution in [0.5, 0.6) is 5.75 Å². The van der Waals surface area contributed by atoms with Gasteiger partial charge >= 0.3 is 0 Å². The number of aryl methyl sites for hydroxylation is 1. The molecule has 1 aliphatic heterocycles. The molecule has 0 radical (unpaired) electrons. The predicted molar refractivity (Wildman–Crippen MR) is 133 cm³/mol. The van der Waals surface area contributed by atoms with E-state index in [1.807, 2.05) is 18.0 Å². The van der Waals surface area contributed by atoms with Gasteiger partial charge in [-0.1, -0.05) is 39.5 Å². The zero-order valence-electron chi connectivity index (χ0n) is 21.1. The smallest absolute Gasteiger partial charge is 0.239 e. The molecule has 3 rings (SSSR count). The first kappa shape index (κ1) is 27.6. The molecule has 1 aliphatic carbocycles. The van der Waals surface area contributed by atoms with Crippen LogP contribution in [0.15, 0.2) is 30.5 Å². The standard InChI is InChI=1S/C22H31FN4O3.C4H10/c1-15-21(16-8-9-16)25-11-12-30-22-17(5-3-7-18(22)23)6-4-10-24-19(28)13-26-20(29)14-27(15)2;1-4(2)3/h3,5,7,16,21,25H,1,4,6,8-14H2,2H3,(H,24,28)(H,26,29);4H,1-3H3. The highest BCUT2D eigenvalue weighted by atomic mass is 19.1. The fourth-order valence-electron chi connectivity index (χ4n) is 3.62. The van der Waals surface area contributed by atoms with Gasteiger partial charge in [0.15, 0.2) is 11.6 Å². The van der Waals surface area contributed by atoms with E-state index in [0.717, 1.165) is 30.0 Å². The van der Waals surface area contributed by atoms with Gasteiger partial charge in [-0.2, -0.15) is 0 Å². The summed E-state index contributed by atoms with van der Waals surface area (Å²) in [6.45, 7) is 12.0. The fourth-order valence-corrected chi connectivity index (χ4v) is 3.62. The highest BCUT2D eigenvalue weighted by molar-refractivity contribution is 5.85. The summed E-state index contributed by atoms with van der Waals surface area (Å²) in [5.74, 6) is 0.731. The van der Waals surface area contributed by atoms with Crippen molar-refractivity contribution in [3.63, 3.8) is 0 Å². The maximum absolute atomic E-state index is 14.3. The molecule has 1 aromatic carbocycles. The monoisotopic (exact) mass is 476 g/mol. The Morgan fingerprint density at radius 3 is 2.50 bits per heavy atom. The first-order chi connectivity index (χ1) is 16.2. The number of halogens is 1. The van der Waals surface area contributed by atoms with Crippen molar-refractivity contribution in [2.24, 2.45) is 11.8 Å². The van der Waals surface area contributed by atoms with Crippen LogP contribution in [0.3, 0.4) is 0 Å². The molecule has 2 aliphatic rings. The summed E-state index contributed by atoms with van der Waals surface area (Å²) >= 11 is 0. The molecule has 1 aromatic rings. The number of para-hydroxylation sites is 1. The minimum atomic E-state index is -0.378. The van der Waals surface area contributed by atoms with Crippen molar-refractivity contribution in [2.75, 3.05) is 39.8 Å². The molecule has 2 amide bonds. The molecule has 1 atom stereocenters. The van der Waals surface area contributed by atoms with Crippen LogP contribution in [0, 0.1) is 17.7 Å². The van der Waals surface area contributed by atoms with Gasteiger partial charge in [0, 0.05) is 31.9 Å². The zero-order valence-corrected chi connectivity index (χ0v) is 21.1. The van der Waals surface area contributed by atoms with Crippen molar-refractivity contribution in [3.8, 4) is 5.75 Å². The Bertz CT molecular complexity index is 824. The molecule has 0 aromatic heterocycles. The van der Waals surface area contributed by atoms with E-state index >= 15 is 0 Å². The Hall–Kier alpha value is -2.61. The van der Waals surface area contributed by atoms with Gasteiger partial charge in [-0.05, 0) is 49.1 Å². The number of hydrogen-bond acceptors (Lipinski definition) is 5. The summed E-state index contributed by atoms with van der Waals surface area (Å²) in [6, 6.07) is 4.94. The minimum absolute atomic E-state index is 0.0358. The van der Waals surface area contributed by atoms with Crippen molar-refractivity contribution in [2.45, 2.75) is 52.5 Å². The highest BCUT2D eigenvalue weighted by Crippen LogP contribution is 2.35. The number of likely N-dealkylation sites (N-methyl/N-ethyl adjacent to an activating group) is 1. The average Bonchev–Trinajstić information content (AvgIpc) is 3.60. The van der Waals surface area contributed by atoms with Crippen LogP contribution in [0.25, 0.3) is 0 Å². The van der Waals surface area contributed by atoms with Gasteiger partial charge in [-0.25, -0.2) is 4.39 Å². The second kappa shape index (κ2) is 13.9. The Morgan fingerprint density at radius 2 is 1.82 bits per heavy atom. The minimum Gasteiger partial charge on any atom is -0.489 e. The van der Waals surface area contributed by atoms with Crippen molar-refractivity contribution in [3.05, 3.63) is 41.9 Å². The van der Waals surface area contributed by atoms with Gasteiger partial charge < -0.3 is 25.6 Å². The molecule has 1 heterocycles. The first-order valence-electron chi connectivity index (χ1n) is 12.3. The van der Waals surface area contributed by atoms with Crippen molar-refractivity contribution in [1.29, 1.82) is 0 Å². The van der Waals surface area contributed by atoms with E-state index in [2.05, 4.69) is 43.3 Å². The second-order valence-corrected chi connectivity index (χ2v) is 9.66. The Morgan fingerprint density at radius 1 is 1.12 bits per heavy atom. The summed E-state index contributed by atoms with van der Waals surface area (Å²) in [5.41, 5.74) is 1.60. The van der Waals surface area contributed by atoms with Crippen LogP contribution in [0.2, 0.25) is 0 Å². The number of hydrogen-bond donors (Lipinski definition) is 3. The molecule has 0 bridgehead atoms. The molecule has 0 spiro atoms. The van der Waals surface area contributed by atoms with E-state index in [4.69, 9.17) is 4.74 Å². The van der Waals surface area contributed by atoms with Gasteiger partial charge in [-0.15, -0.1) is 0 Å². The largest absolute Gasteiger partial charge is 0.489 e. The number of benzene rings is 1. The van der Waals surface area contributed by atoms with Crippen LogP contribution < -0.4 is 20.7 Å². The maximum atomic E-state index is 14.3. The molecule has 3 N–H and O–H groups in total. The van der Waals surface area contributed by atoms with Crippen LogP contribution in [0.1, 0.15) is 45.6 Å². The van der Waals surface area contributed by atoms with Crippen LogP contribution >= 0.6 is 0 Å². The van der Waals surface area contributed by atoms with Crippen molar-refractivity contribution < 1.29 is 18.7 Å². The molecule has 190 valence electrons. The molecule has 7 nitrogen and oxygen atoms in total. The van der Waals surface area contributed by atoms with E-state index in [-0.39, 0.29) is 42.5 Å². The molecule has 8 heteroatoms. The lowest BCUT2D eigenvalue weighted by atomic mass is 10.1. The molecule has 0 saturated heterocycles. The third-order valence-electron chi connectivity index (χ3n) is 5.48. The van der Waals surface area contributed by atoms with Crippen LogP contribution in [-0.4, -0.2) is 62.6 Å². The molecular weight excluding hydrogens is 435 g/mol. The molecule has 1 saturated carbocycles. The normalized spacial score (nSPS) is 21.2. The van der Waals surface area contributed by atoms with Gasteiger partial charge in [0.25, 0.3) is 0 Å². The molecule has 1 unspecified atom stereocenters. The van der Waals surface area contributed by atoms with Gasteiger partial charge in [0.2, 0.25) is 11.8 Å². The summed E-state index contributed by atoms with van der Waals surface area (Å²) in [6.07, 6.45) is 3.44. The fraction of sp³-hybridized carbons (Fsp3) is 0.615. The number of nitrogens with zero attached hydrogens (tertiary/aromatic N) is 1. The summed E-state index contributed by atoms with van der Waals surface area (Å²) in [4.78, 5) is 26.0. The molecule has 1 fully saturated rings. The SMILES string of the molecule is C=C1C(C2CC2)NCCOc2c(F)cccc2CCCNC(=O)CNC(=O)CN1C.CC(C)C. The lowest BCUT2D eigenvalue weighted by molar-refractivity contribution is -0.126. The first-order valence-corrected chi connectivity index (χ1v) is 12.3. The van der Waals surface area contributed by atoms with Gasteiger partial charge in [0.1, 0.15) is 6.61 Å². The van der Waals surface area contributed by atoms with Gasteiger partial charge in [-0.3, -0.25) is 9.59 Å². The summed E-state index contributed by atoms with van der Waals surface area (Å²) in [7, 11) is 1.82. The topological polar surface area (TPSA) is 82.7 Å². The Kier molecular flexibility index (Phi) is 11.3. The number of rotatable bonds is 1. The number of carbonyl (C=O) groups excluding carboxylic acids is 2. The maximum Gasteiger partial charge on any atom is 0.239 e. The quantitative estimate of drug-likeness (QED) is 0.581. The number of ether oxygens (including phenoxy) is 1. The number of amides is 2. The number of carbonyl (C=O) groups is 2. The average molecular weight is 477 g/mol. The summed E-state index contributed by atoms with van der Waals surface area (Å²) in [5, 5.41) is 8.87. The second-order valence-electron chi connectivity index (χ2n) is 9.66. The van der Waals surface area contributed by atoms with E-state index in [1.54, 1.807) is 6.07 Å². The Balaban J connectivity index is 0.000000945. The van der Waals surface area contributed by atoms with Crippen molar-refractivity contribution in [1.82, 2.24) is 20.9 Å². The number of nitrogens with one attached hydrogen (secondary N) is 3. The lowest BCUT2D eigenvalue weighted by Gasteiger charge is -2.29. The van der Waals surface area contributed by atoms with Crippen LogP contribution in [0.4, 0.5) is 4.39 Å².